The Morgan fingerprint density at radius 3 is 2.81 bits per heavy atom. The van der Waals surface area contributed by atoms with Crippen molar-refractivity contribution in [3.63, 3.8) is 0 Å². The van der Waals surface area contributed by atoms with Crippen molar-refractivity contribution < 1.29 is 28.2 Å². The number of hydrogen-bond acceptors (Lipinski definition) is 3. The molecular formula is C19H17ClF2O4. The summed E-state index contributed by atoms with van der Waals surface area (Å²) in [4.78, 5) is 10.6. The van der Waals surface area contributed by atoms with Crippen molar-refractivity contribution in [1.82, 2.24) is 0 Å². The fraction of sp³-hybridized carbons (Fsp3) is 0.316. The monoisotopic (exact) mass is 382 g/mol. The Labute approximate surface area is 154 Å². The predicted molar refractivity (Wildman–Crippen MR) is 91.5 cm³/mol. The summed E-state index contributed by atoms with van der Waals surface area (Å²) in [5, 5.41) is 8.53. The van der Waals surface area contributed by atoms with E-state index in [4.69, 9.17) is 26.2 Å². The van der Waals surface area contributed by atoms with Crippen LogP contribution in [0.2, 0.25) is 5.02 Å². The van der Waals surface area contributed by atoms with Gasteiger partial charge in [-0.15, -0.1) is 0 Å². The predicted octanol–water partition coefficient (Wildman–Crippen LogP) is 4.16. The van der Waals surface area contributed by atoms with Gasteiger partial charge in [-0.05, 0) is 54.7 Å². The normalized spacial score (nSPS) is 16.2. The van der Waals surface area contributed by atoms with Gasteiger partial charge in [-0.2, -0.15) is 0 Å². The number of carbonyl (C=O) groups is 1. The van der Waals surface area contributed by atoms with Crippen LogP contribution in [-0.4, -0.2) is 23.8 Å². The van der Waals surface area contributed by atoms with Gasteiger partial charge in [0.05, 0.1) is 16.7 Å². The van der Waals surface area contributed by atoms with Gasteiger partial charge in [0.25, 0.3) is 0 Å². The SMILES string of the molecule is O=C(O)COC1CCc2cc(OCc3c(F)ccc(Cl)c3F)ccc2C1. The highest BCUT2D eigenvalue weighted by Gasteiger charge is 2.21. The van der Waals surface area contributed by atoms with Gasteiger partial charge < -0.3 is 14.6 Å². The maximum Gasteiger partial charge on any atom is 0.329 e. The Kier molecular flexibility index (Phi) is 5.74. The van der Waals surface area contributed by atoms with Gasteiger partial charge in [0.2, 0.25) is 0 Å². The molecule has 3 rings (SSSR count). The molecule has 2 aromatic carbocycles. The summed E-state index contributed by atoms with van der Waals surface area (Å²) in [5.41, 5.74) is 1.90. The van der Waals surface area contributed by atoms with Crippen molar-refractivity contribution in [3.8, 4) is 5.75 Å². The third-order valence-electron chi connectivity index (χ3n) is 4.33. The number of fused-ring (bicyclic) bond motifs is 1. The maximum absolute atomic E-state index is 13.9. The van der Waals surface area contributed by atoms with Crippen molar-refractivity contribution in [2.75, 3.05) is 6.61 Å². The van der Waals surface area contributed by atoms with E-state index in [-0.39, 0.29) is 29.9 Å². The first-order valence-corrected chi connectivity index (χ1v) is 8.52. The number of rotatable bonds is 6. The zero-order valence-corrected chi connectivity index (χ0v) is 14.6. The molecule has 2 aromatic rings. The molecule has 1 unspecified atom stereocenters. The Hall–Kier alpha value is -2.18. The molecule has 0 amide bonds. The Morgan fingerprint density at radius 2 is 2.04 bits per heavy atom. The van der Waals surface area contributed by atoms with Crippen LogP contribution >= 0.6 is 11.6 Å². The quantitative estimate of drug-likeness (QED) is 0.762. The second kappa shape index (κ2) is 8.01. The summed E-state index contributed by atoms with van der Waals surface area (Å²) < 4.78 is 38.5. The minimum Gasteiger partial charge on any atom is -0.489 e. The van der Waals surface area contributed by atoms with Gasteiger partial charge in [0, 0.05) is 0 Å². The smallest absolute Gasteiger partial charge is 0.329 e. The van der Waals surface area contributed by atoms with E-state index in [2.05, 4.69) is 0 Å². The van der Waals surface area contributed by atoms with Crippen molar-refractivity contribution in [1.29, 1.82) is 0 Å². The number of hydrogen-bond donors (Lipinski definition) is 1. The van der Waals surface area contributed by atoms with Crippen LogP contribution in [0.5, 0.6) is 5.75 Å². The standard InChI is InChI=1S/C19H17ClF2O4/c20-16-5-6-17(21)15(19(16)22)9-25-13-3-1-12-8-14(26-10-18(23)24)4-2-11(12)7-13/h1,3,5-7,14H,2,4,8-10H2,(H,23,24). The first-order valence-electron chi connectivity index (χ1n) is 8.14. The Bertz CT molecular complexity index is 825. The Morgan fingerprint density at radius 1 is 1.23 bits per heavy atom. The molecule has 0 bridgehead atoms. The molecule has 1 atom stereocenters. The molecule has 0 spiro atoms. The molecule has 0 aromatic heterocycles. The minimum atomic E-state index is -0.986. The third-order valence-corrected chi connectivity index (χ3v) is 4.62. The van der Waals surface area contributed by atoms with Gasteiger partial charge in [-0.25, -0.2) is 13.6 Å². The van der Waals surface area contributed by atoms with Gasteiger partial charge in [-0.3, -0.25) is 0 Å². The van der Waals surface area contributed by atoms with Gasteiger partial charge >= 0.3 is 5.97 Å². The average Bonchev–Trinajstić information content (AvgIpc) is 2.63. The number of aliphatic carboxylic acids is 1. The molecule has 0 saturated carbocycles. The highest BCUT2D eigenvalue weighted by Crippen LogP contribution is 2.28. The molecule has 0 aliphatic heterocycles. The number of ether oxygens (including phenoxy) is 2. The van der Waals surface area contributed by atoms with E-state index < -0.39 is 17.6 Å². The van der Waals surface area contributed by atoms with Crippen molar-refractivity contribution in [2.45, 2.75) is 32.0 Å². The van der Waals surface area contributed by atoms with Crippen molar-refractivity contribution in [2.24, 2.45) is 0 Å². The molecular weight excluding hydrogens is 366 g/mol. The fourth-order valence-electron chi connectivity index (χ4n) is 2.98. The first-order chi connectivity index (χ1) is 12.4. The van der Waals surface area contributed by atoms with Crippen LogP contribution < -0.4 is 4.74 Å². The average molecular weight is 383 g/mol. The molecule has 1 aliphatic carbocycles. The van der Waals surface area contributed by atoms with E-state index in [1.165, 1.54) is 0 Å². The van der Waals surface area contributed by atoms with Crippen LogP contribution in [0.15, 0.2) is 30.3 Å². The van der Waals surface area contributed by atoms with E-state index in [1.807, 2.05) is 12.1 Å². The van der Waals surface area contributed by atoms with Crippen LogP contribution in [0.1, 0.15) is 23.1 Å². The molecule has 0 saturated heterocycles. The van der Waals surface area contributed by atoms with Gasteiger partial charge in [-0.1, -0.05) is 17.7 Å². The van der Waals surface area contributed by atoms with E-state index in [9.17, 15) is 13.6 Å². The lowest BCUT2D eigenvalue weighted by atomic mass is 9.89. The number of carboxylic acids is 1. The molecule has 138 valence electrons. The summed E-state index contributed by atoms with van der Waals surface area (Å²) in [6, 6.07) is 7.69. The molecule has 0 heterocycles. The maximum atomic E-state index is 13.9. The fourth-order valence-corrected chi connectivity index (χ4v) is 3.15. The molecule has 4 nitrogen and oxygen atoms in total. The first kappa shape index (κ1) is 18.6. The number of aryl methyl sites for hydroxylation is 1. The third kappa shape index (κ3) is 4.31. The van der Waals surface area contributed by atoms with E-state index in [0.29, 0.717) is 18.6 Å². The zero-order chi connectivity index (χ0) is 18.7. The number of halogens is 3. The van der Waals surface area contributed by atoms with Crippen LogP contribution in [0, 0.1) is 11.6 Å². The van der Waals surface area contributed by atoms with Crippen LogP contribution in [0.25, 0.3) is 0 Å². The van der Waals surface area contributed by atoms with E-state index in [1.54, 1.807) is 6.07 Å². The molecule has 0 radical (unpaired) electrons. The lowest BCUT2D eigenvalue weighted by Crippen LogP contribution is -2.25. The van der Waals surface area contributed by atoms with Crippen LogP contribution in [0.3, 0.4) is 0 Å². The summed E-state index contributed by atoms with van der Waals surface area (Å²) in [6.07, 6.45) is 1.93. The topological polar surface area (TPSA) is 55.8 Å². The molecule has 26 heavy (non-hydrogen) atoms. The second-order valence-corrected chi connectivity index (χ2v) is 6.52. The highest BCUT2D eigenvalue weighted by molar-refractivity contribution is 6.30. The van der Waals surface area contributed by atoms with E-state index in [0.717, 1.165) is 29.7 Å². The van der Waals surface area contributed by atoms with Gasteiger partial charge in [0.15, 0.2) is 5.82 Å². The van der Waals surface area contributed by atoms with Crippen molar-refractivity contribution in [3.05, 3.63) is 63.7 Å². The molecule has 7 heteroatoms. The zero-order valence-electron chi connectivity index (χ0n) is 13.8. The molecule has 1 aliphatic rings. The second-order valence-electron chi connectivity index (χ2n) is 6.11. The van der Waals surface area contributed by atoms with Crippen LogP contribution in [0.4, 0.5) is 8.78 Å². The highest BCUT2D eigenvalue weighted by atomic mass is 35.5. The lowest BCUT2D eigenvalue weighted by Gasteiger charge is -2.24. The summed E-state index contributed by atoms with van der Waals surface area (Å²) in [7, 11) is 0. The lowest BCUT2D eigenvalue weighted by molar-refractivity contribution is -0.144. The Balaban J connectivity index is 1.66. The number of benzene rings is 2. The number of carboxylic acid groups (broad SMARTS) is 1. The largest absolute Gasteiger partial charge is 0.489 e. The van der Waals surface area contributed by atoms with Crippen LogP contribution in [-0.2, 0) is 29.0 Å². The summed E-state index contributed by atoms with van der Waals surface area (Å²) in [6.45, 7) is -0.570. The van der Waals surface area contributed by atoms with Gasteiger partial charge in [0.1, 0.15) is 24.8 Å². The summed E-state index contributed by atoms with van der Waals surface area (Å²) in [5.74, 6) is -2.00. The van der Waals surface area contributed by atoms with Crippen molar-refractivity contribution >= 4 is 17.6 Å². The molecule has 1 N–H and O–H groups in total. The van der Waals surface area contributed by atoms with E-state index >= 15 is 0 Å². The molecule has 0 fully saturated rings. The summed E-state index contributed by atoms with van der Waals surface area (Å²) >= 11 is 5.68. The minimum absolute atomic E-state index is 0.125.